The fraction of sp³-hybridized carbons (Fsp3) is 0. The molecule has 13 heavy (non-hydrogen) atoms. The van der Waals surface area contributed by atoms with Crippen molar-refractivity contribution in [3.05, 3.63) is 27.5 Å². The molecule has 4 heteroatoms. The van der Waals surface area contributed by atoms with Crippen molar-refractivity contribution in [1.29, 1.82) is 0 Å². The smallest absolute Gasteiger partial charge is 0.0817 e. The summed E-state index contributed by atoms with van der Waals surface area (Å²) in [6.07, 6.45) is 1.94. The van der Waals surface area contributed by atoms with Crippen LogP contribution in [0.1, 0.15) is 0 Å². The Balaban J connectivity index is 2.70. The Hall–Kier alpha value is -0.450. The fourth-order valence-corrected chi connectivity index (χ4v) is 4.11. The van der Waals surface area contributed by atoms with E-state index >= 15 is 0 Å². The lowest BCUT2D eigenvalue weighted by Gasteiger charge is -1.91. The van der Waals surface area contributed by atoms with Gasteiger partial charge in [0.25, 0.3) is 0 Å². The minimum atomic E-state index is 1.09. The summed E-state index contributed by atoms with van der Waals surface area (Å²) < 4.78 is 3.72. The quantitative estimate of drug-likeness (QED) is 0.594. The second-order valence-electron chi connectivity index (χ2n) is 2.72. The van der Waals surface area contributed by atoms with Gasteiger partial charge in [0.2, 0.25) is 0 Å². The van der Waals surface area contributed by atoms with Crippen LogP contribution in [0.2, 0.25) is 0 Å². The van der Waals surface area contributed by atoms with Crippen LogP contribution >= 0.6 is 38.6 Å². The summed E-state index contributed by atoms with van der Waals surface area (Å²) in [5, 5.41) is 5.51. The van der Waals surface area contributed by atoms with Crippen LogP contribution < -0.4 is 0 Å². The summed E-state index contributed by atoms with van der Waals surface area (Å²) in [6.45, 7) is 0. The first-order valence-corrected chi connectivity index (χ1v) is 6.30. The summed E-state index contributed by atoms with van der Waals surface area (Å²) in [7, 11) is 0. The van der Waals surface area contributed by atoms with Gasteiger partial charge < -0.3 is 0 Å². The first-order valence-electron chi connectivity index (χ1n) is 3.75. The molecular weight excluding hydrogens is 266 g/mol. The molecule has 1 nitrogen and oxygen atoms in total. The van der Waals surface area contributed by atoms with Crippen molar-refractivity contribution in [2.75, 3.05) is 0 Å². The Kier molecular flexibility index (Phi) is 1.68. The number of aromatic nitrogens is 1. The minimum absolute atomic E-state index is 1.09. The second kappa shape index (κ2) is 2.77. The van der Waals surface area contributed by atoms with Gasteiger partial charge in [0.05, 0.1) is 14.9 Å². The predicted octanol–water partition coefficient (Wildman–Crippen LogP) is 4.27. The number of hydrogen-bond acceptors (Lipinski definition) is 3. The molecule has 0 spiro atoms. The molecule has 0 saturated heterocycles. The van der Waals surface area contributed by atoms with Gasteiger partial charge in [-0.2, -0.15) is 0 Å². The first-order chi connectivity index (χ1) is 6.36. The Labute approximate surface area is 91.2 Å². The number of pyridine rings is 1. The monoisotopic (exact) mass is 269 g/mol. The maximum atomic E-state index is 4.38. The number of nitrogens with zero attached hydrogens (tertiary/aromatic N) is 1. The van der Waals surface area contributed by atoms with Gasteiger partial charge in [0.1, 0.15) is 0 Å². The minimum Gasteiger partial charge on any atom is -0.254 e. The van der Waals surface area contributed by atoms with Crippen molar-refractivity contribution >= 4 is 58.9 Å². The summed E-state index contributed by atoms with van der Waals surface area (Å²) in [4.78, 5) is 4.38. The summed E-state index contributed by atoms with van der Waals surface area (Å²) in [5.74, 6) is 0. The zero-order valence-electron chi connectivity index (χ0n) is 6.45. The molecule has 0 fully saturated rings. The molecular formula is C9H4BrNS2. The van der Waals surface area contributed by atoms with E-state index in [0.29, 0.717) is 0 Å². The maximum Gasteiger partial charge on any atom is 0.0817 e. The second-order valence-corrected chi connectivity index (χ2v) is 5.40. The van der Waals surface area contributed by atoms with Crippen LogP contribution in [0.3, 0.4) is 0 Å². The average Bonchev–Trinajstić information content (AvgIpc) is 2.70. The molecule has 0 N–H and O–H groups in total. The lowest BCUT2D eigenvalue weighted by molar-refractivity contribution is 1.47. The van der Waals surface area contributed by atoms with Crippen molar-refractivity contribution in [3.8, 4) is 0 Å². The molecule has 3 heterocycles. The standard InChI is InChI=1S/C9H4BrNS2/c10-5-4-13-7-3-11-6-1-2-12-9(6)8(5)7/h1-4H. The molecule has 0 saturated carbocycles. The van der Waals surface area contributed by atoms with E-state index in [1.54, 1.807) is 22.7 Å². The van der Waals surface area contributed by atoms with E-state index in [2.05, 4.69) is 37.7 Å². The third-order valence-electron chi connectivity index (χ3n) is 1.97. The van der Waals surface area contributed by atoms with Crippen molar-refractivity contribution in [2.45, 2.75) is 0 Å². The van der Waals surface area contributed by atoms with E-state index in [1.165, 1.54) is 19.3 Å². The Morgan fingerprint density at radius 1 is 1.31 bits per heavy atom. The van der Waals surface area contributed by atoms with Gasteiger partial charge in [-0.25, -0.2) is 0 Å². The summed E-state index contributed by atoms with van der Waals surface area (Å²) >= 11 is 7.04. The number of thiophene rings is 2. The van der Waals surface area contributed by atoms with Crippen LogP contribution in [0.5, 0.6) is 0 Å². The molecule has 3 aromatic rings. The van der Waals surface area contributed by atoms with Crippen LogP contribution in [0.15, 0.2) is 27.5 Å². The average molecular weight is 270 g/mol. The molecule has 0 aliphatic rings. The number of fused-ring (bicyclic) bond motifs is 3. The van der Waals surface area contributed by atoms with Gasteiger partial charge >= 0.3 is 0 Å². The molecule has 3 aromatic heterocycles. The zero-order valence-corrected chi connectivity index (χ0v) is 9.67. The van der Waals surface area contributed by atoms with Gasteiger partial charge in [0.15, 0.2) is 0 Å². The van der Waals surface area contributed by atoms with Gasteiger partial charge in [-0.05, 0) is 27.4 Å². The Morgan fingerprint density at radius 2 is 2.23 bits per heavy atom. The normalized spacial score (nSPS) is 11.5. The van der Waals surface area contributed by atoms with E-state index in [1.807, 2.05) is 6.20 Å². The molecule has 0 radical (unpaired) electrons. The molecule has 3 rings (SSSR count). The molecule has 0 aliphatic heterocycles. The van der Waals surface area contributed by atoms with Gasteiger partial charge in [-0.3, -0.25) is 4.98 Å². The topological polar surface area (TPSA) is 12.9 Å². The van der Waals surface area contributed by atoms with E-state index in [9.17, 15) is 0 Å². The molecule has 0 atom stereocenters. The van der Waals surface area contributed by atoms with Crippen LogP contribution in [-0.4, -0.2) is 4.98 Å². The van der Waals surface area contributed by atoms with Gasteiger partial charge in [-0.15, -0.1) is 22.7 Å². The number of hydrogen-bond donors (Lipinski definition) is 0. The number of rotatable bonds is 0. The largest absolute Gasteiger partial charge is 0.254 e. The van der Waals surface area contributed by atoms with Crippen LogP contribution in [-0.2, 0) is 0 Å². The van der Waals surface area contributed by atoms with E-state index in [-0.39, 0.29) is 0 Å². The van der Waals surface area contributed by atoms with E-state index in [4.69, 9.17) is 0 Å². The van der Waals surface area contributed by atoms with Crippen LogP contribution in [0.25, 0.3) is 20.3 Å². The van der Waals surface area contributed by atoms with Crippen molar-refractivity contribution < 1.29 is 0 Å². The summed E-state index contributed by atoms with van der Waals surface area (Å²) in [5.41, 5.74) is 1.09. The fourth-order valence-electron chi connectivity index (χ4n) is 1.39. The van der Waals surface area contributed by atoms with Crippen molar-refractivity contribution in [1.82, 2.24) is 4.98 Å². The highest BCUT2D eigenvalue weighted by atomic mass is 79.9. The Bertz CT molecular complexity index is 581. The zero-order chi connectivity index (χ0) is 8.84. The summed E-state index contributed by atoms with van der Waals surface area (Å²) in [6, 6.07) is 2.06. The Morgan fingerprint density at radius 3 is 3.15 bits per heavy atom. The molecule has 0 bridgehead atoms. The van der Waals surface area contributed by atoms with Crippen LogP contribution in [0.4, 0.5) is 0 Å². The van der Waals surface area contributed by atoms with Gasteiger partial charge in [0, 0.05) is 21.4 Å². The number of halogens is 1. The highest BCUT2D eigenvalue weighted by Crippen LogP contribution is 2.36. The maximum absolute atomic E-state index is 4.38. The van der Waals surface area contributed by atoms with E-state index < -0.39 is 0 Å². The van der Waals surface area contributed by atoms with Crippen molar-refractivity contribution in [2.24, 2.45) is 0 Å². The SMILES string of the molecule is Brc1csc2cnc3ccsc3c12. The predicted molar refractivity (Wildman–Crippen MR) is 62.7 cm³/mol. The molecule has 0 amide bonds. The lowest BCUT2D eigenvalue weighted by Crippen LogP contribution is -1.71. The lowest BCUT2D eigenvalue weighted by atomic mass is 10.3. The molecule has 64 valence electrons. The third kappa shape index (κ3) is 1.06. The molecule has 0 unspecified atom stereocenters. The molecule has 0 aromatic carbocycles. The third-order valence-corrected chi connectivity index (χ3v) is 4.73. The van der Waals surface area contributed by atoms with Crippen molar-refractivity contribution in [3.63, 3.8) is 0 Å². The van der Waals surface area contributed by atoms with Gasteiger partial charge in [-0.1, -0.05) is 0 Å². The highest BCUT2D eigenvalue weighted by Gasteiger charge is 2.07. The van der Waals surface area contributed by atoms with Crippen LogP contribution in [0, 0.1) is 0 Å². The first kappa shape index (κ1) is 7.91. The molecule has 0 aliphatic carbocycles. The highest BCUT2D eigenvalue weighted by molar-refractivity contribution is 9.10. The van der Waals surface area contributed by atoms with E-state index in [0.717, 1.165) is 5.52 Å².